The summed E-state index contributed by atoms with van der Waals surface area (Å²) in [7, 11) is 1.54. The lowest BCUT2D eigenvalue weighted by Gasteiger charge is -2.10. The third-order valence-electron chi connectivity index (χ3n) is 3.14. The van der Waals surface area contributed by atoms with Crippen molar-refractivity contribution >= 4 is 17.5 Å². The van der Waals surface area contributed by atoms with Crippen molar-refractivity contribution in [3.8, 4) is 5.75 Å². The zero-order valence-corrected chi connectivity index (χ0v) is 12.6. The Labute approximate surface area is 133 Å². The van der Waals surface area contributed by atoms with Crippen molar-refractivity contribution in [1.29, 1.82) is 0 Å². The molecule has 23 heavy (non-hydrogen) atoms. The number of halogens is 1. The SMILES string of the molecule is COc1ccccc1CNC(=O)CC(=O)Nc1ccccc1F. The minimum Gasteiger partial charge on any atom is -0.496 e. The van der Waals surface area contributed by atoms with Crippen molar-refractivity contribution in [3.63, 3.8) is 0 Å². The van der Waals surface area contributed by atoms with Crippen LogP contribution in [0.4, 0.5) is 10.1 Å². The van der Waals surface area contributed by atoms with E-state index in [1.165, 1.54) is 18.2 Å². The molecule has 0 unspecified atom stereocenters. The Kier molecular flexibility index (Phi) is 5.68. The second-order valence-corrected chi connectivity index (χ2v) is 4.79. The van der Waals surface area contributed by atoms with Crippen LogP contribution in [-0.4, -0.2) is 18.9 Å². The Bertz CT molecular complexity index is 704. The Morgan fingerprint density at radius 3 is 2.48 bits per heavy atom. The van der Waals surface area contributed by atoms with Crippen LogP contribution >= 0.6 is 0 Å². The highest BCUT2D eigenvalue weighted by atomic mass is 19.1. The molecule has 2 rings (SSSR count). The van der Waals surface area contributed by atoms with E-state index in [0.717, 1.165) is 5.56 Å². The molecule has 0 spiro atoms. The summed E-state index contributed by atoms with van der Waals surface area (Å²) in [4.78, 5) is 23.5. The van der Waals surface area contributed by atoms with Crippen LogP contribution in [0.2, 0.25) is 0 Å². The van der Waals surface area contributed by atoms with Gasteiger partial charge in [-0.2, -0.15) is 0 Å². The average molecular weight is 316 g/mol. The zero-order chi connectivity index (χ0) is 16.7. The third kappa shape index (κ3) is 4.81. The van der Waals surface area contributed by atoms with Gasteiger partial charge in [0.1, 0.15) is 18.0 Å². The lowest BCUT2D eigenvalue weighted by Crippen LogP contribution is -2.28. The molecule has 2 N–H and O–H groups in total. The quantitative estimate of drug-likeness (QED) is 0.805. The van der Waals surface area contributed by atoms with E-state index in [0.29, 0.717) is 5.75 Å². The molecule has 0 atom stereocenters. The van der Waals surface area contributed by atoms with Gasteiger partial charge in [0.05, 0.1) is 12.8 Å². The molecule has 120 valence electrons. The van der Waals surface area contributed by atoms with E-state index in [9.17, 15) is 14.0 Å². The molecule has 0 fully saturated rings. The number of carbonyl (C=O) groups excluding carboxylic acids is 2. The molecule has 5 nitrogen and oxygen atoms in total. The van der Waals surface area contributed by atoms with Gasteiger partial charge in [-0.05, 0) is 18.2 Å². The van der Waals surface area contributed by atoms with Gasteiger partial charge in [0.15, 0.2) is 0 Å². The minimum atomic E-state index is -0.576. The average Bonchev–Trinajstić information content (AvgIpc) is 2.55. The number of methoxy groups -OCH3 is 1. The standard InChI is InChI=1S/C17H17FN2O3/c1-23-15-9-5-2-6-12(15)11-19-16(21)10-17(22)20-14-8-4-3-7-13(14)18/h2-9H,10-11H2,1H3,(H,19,21)(H,20,22). The highest BCUT2D eigenvalue weighted by Crippen LogP contribution is 2.16. The molecular formula is C17H17FN2O3. The first-order valence-corrected chi connectivity index (χ1v) is 7.03. The van der Waals surface area contributed by atoms with Gasteiger partial charge in [-0.25, -0.2) is 4.39 Å². The number of para-hydroxylation sites is 2. The van der Waals surface area contributed by atoms with Gasteiger partial charge in [-0.15, -0.1) is 0 Å². The molecule has 0 aliphatic rings. The summed E-state index contributed by atoms with van der Waals surface area (Å²) in [5.41, 5.74) is 0.855. The first-order valence-electron chi connectivity index (χ1n) is 7.03. The van der Waals surface area contributed by atoms with Crippen molar-refractivity contribution in [1.82, 2.24) is 5.32 Å². The zero-order valence-electron chi connectivity index (χ0n) is 12.6. The van der Waals surface area contributed by atoms with Crippen LogP contribution < -0.4 is 15.4 Å². The number of hydrogen-bond donors (Lipinski definition) is 2. The highest BCUT2D eigenvalue weighted by Gasteiger charge is 2.12. The predicted molar refractivity (Wildman–Crippen MR) is 84.5 cm³/mol. The van der Waals surface area contributed by atoms with Crippen molar-refractivity contribution in [2.24, 2.45) is 0 Å². The van der Waals surface area contributed by atoms with Gasteiger partial charge >= 0.3 is 0 Å². The highest BCUT2D eigenvalue weighted by molar-refractivity contribution is 6.03. The second kappa shape index (κ2) is 7.93. The summed E-state index contributed by atoms with van der Waals surface area (Å²) >= 11 is 0. The number of ether oxygens (including phenoxy) is 1. The molecule has 6 heteroatoms. The van der Waals surface area contributed by atoms with Crippen LogP contribution in [0, 0.1) is 5.82 Å². The molecule has 2 amide bonds. The molecule has 2 aromatic rings. The summed E-state index contributed by atoms with van der Waals surface area (Å²) in [6.07, 6.45) is -0.385. The van der Waals surface area contributed by atoms with Crippen molar-refractivity contribution in [2.75, 3.05) is 12.4 Å². The van der Waals surface area contributed by atoms with E-state index in [4.69, 9.17) is 4.74 Å². The van der Waals surface area contributed by atoms with Crippen LogP contribution in [-0.2, 0) is 16.1 Å². The van der Waals surface area contributed by atoms with Crippen molar-refractivity contribution in [3.05, 3.63) is 59.9 Å². The Morgan fingerprint density at radius 2 is 1.74 bits per heavy atom. The van der Waals surface area contributed by atoms with Crippen molar-refractivity contribution < 1.29 is 18.7 Å². The first kappa shape index (κ1) is 16.5. The molecule has 0 heterocycles. The predicted octanol–water partition coefficient (Wildman–Crippen LogP) is 2.48. The molecule has 0 bridgehead atoms. The molecule has 0 aromatic heterocycles. The van der Waals surface area contributed by atoms with E-state index >= 15 is 0 Å². The Hall–Kier alpha value is -2.89. The molecule has 0 aliphatic heterocycles. The van der Waals surface area contributed by atoms with E-state index in [1.54, 1.807) is 19.2 Å². The monoisotopic (exact) mass is 316 g/mol. The topological polar surface area (TPSA) is 67.4 Å². The molecule has 0 saturated heterocycles. The van der Waals surface area contributed by atoms with Crippen LogP contribution in [0.3, 0.4) is 0 Å². The fourth-order valence-electron chi connectivity index (χ4n) is 2.01. The Balaban J connectivity index is 1.85. The maximum Gasteiger partial charge on any atom is 0.233 e. The number of anilines is 1. The molecule has 0 saturated carbocycles. The van der Waals surface area contributed by atoms with Gasteiger partial charge in [0.2, 0.25) is 11.8 Å². The summed E-state index contributed by atoms with van der Waals surface area (Å²) in [6.45, 7) is 0.246. The van der Waals surface area contributed by atoms with E-state index < -0.39 is 17.6 Å². The normalized spacial score (nSPS) is 10.0. The van der Waals surface area contributed by atoms with Crippen LogP contribution in [0.25, 0.3) is 0 Å². The lowest BCUT2D eigenvalue weighted by molar-refractivity contribution is -0.126. The molecule has 2 aromatic carbocycles. The number of amides is 2. The number of nitrogens with one attached hydrogen (secondary N) is 2. The van der Waals surface area contributed by atoms with Crippen LogP contribution in [0.5, 0.6) is 5.75 Å². The summed E-state index contributed by atoms with van der Waals surface area (Å²) in [6, 6.07) is 13.0. The largest absolute Gasteiger partial charge is 0.496 e. The third-order valence-corrected chi connectivity index (χ3v) is 3.14. The van der Waals surface area contributed by atoms with E-state index in [-0.39, 0.29) is 18.7 Å². The van der Waals surface area contributed by atoms with Gasteiger partial charge < -0.3 is 15.4 Å². The fourth-order valence-corrected chi connectivity index (χ4v) is 2.01. The van der Waals surface area contributed by atoms with Crippen molar-refractivity contribution in [2.45, 2.75) is 13.0 Å². The fraction of sp³-hybridized carbons (Fsp3) is 0.176. The maximum atomic E-state index is 13.4. The van der Waals surface area contributed by atoms with E-state index in [1.807, 2.05) is 18.2 Å². The number of rotatable bonds is 6. The number of hydrogen-bond acceptors (Lipinski definition) is 3. The summed E-state index contributed by atoms with van der Waals surface area (Å²) < 4.78 is 18.6. The minimum absolute atomic E-state index is 0.0510. The van der Waals surface area contributed by atoms with E-state index in [2.05, 4.69) is 10.6 Å². The van der Waals surface area contributed by atoms with Gasteiger partial charge in [-0.3, -0.25) is 9.59 Å². The summed E-state index contributed by atoms with van der Waals surface area (Å²) in [5.74, 6) is -0.920. The lowest BCUT2D eigenvalue weighted by atomic mass is 10.2. The Morgan fingerprint density at radius 1 is 1.04 bits per heavy atom. The van der Waals surface area contributed by atoms with Gasteiger partial charge in [0, 0.05) is 12.1 Å². The van der Waals surface area contributed by atoms with Gasteiger partial charge in [-0.1, -0.05) is 30.3 Å². The second-order valence-electron chi connectivity index (χ2n) is 4.79. The molecule has 0 aliphatic carbocycles. The van der Waals surface area contributed by atoms with Crippen LogP contribution in [0.15, 0.2) is 48.5 Å². The number of benzene rings is 2. The molecule has 0 radical (unpaired) electrons. The molecular weight excluding hydrogens is 299 g/mol. The van der Waals surface area contributed by atoms with Crippen LogP contribution in [0.1, 0.15) is 12.0 Å². The maximum absolute atomic E-state index is 13.4. The smallest absolute Gasteiger partial charge is 0.233 e. The van der Waals surface area contributed by atoms with Gasteiger partial charge in [0.25, 0.3) is 0 Å². The number of carbonyl (C=O) groups is 2. The summed E-state index contributed by atoms with van der Waals surface area (Å²) in [5, 5.41) is 4.99. The first-order chi connectivity index (χ1) is 11.1.